The van der Waals surface area contributed by atoms with E-state index in [1.807, 2.05) is 67.6 Å². The molecule has 2 atom stereocenters. The van der Waals surface area contributed by atoms with E-state index in [0.717, 1.165) is 11.1 Å². The second-order valence-electron chi connectivity index (χ2n) is 5.44. The van der Waals surface area contributed by atoms with Gasteiger partial charge in [0.1, 0.15) is 11.5 Å². The number of cyclic esters (lactones) is 1. The Hall–Kier alpha value is -2.09. The Kier molecular flexibility index (Phi) is 3.09. The molecule has 3 rings (SSSR count). The van der Waals surface area contributed by atoms with Crippen molar-refractivity contribution in [3.05, 3.63) is 71.8 Å². The first-order valence-corrected chi connectivity index (χ1v) is 6.99. The summed E-state index contributed by atoms with van der Waals surface area (Å²) in [6.45, 7) is 4.06. The molecular weight excluding hydrogens is 248 g/mol. The lowest BCUT2D eigenvalue weighted by atomic mass is 9.66. The smallest absolute Gasteiger partial charge is 0.321 e. The highest BCUT2D eigenvalue weighted by atomic mass is 16.6. The lowest BCUT2D eigenvalue weighted by molar-refractivity contribution is -0.144. The normalized spacial score (nSPS) is 24.4. The van der Waals surface area contributed by atoms with E-state index in [4.69, 9.17) is 4.74 Å². The summed E-state index contributed by atoms with van der Waals surface area (Å²) in [5.41, 5.74) is 1.32. The molecule has 2 aromatic carbocycles. The molecule has 0 aromatic heterocycles. The molecule has 0 amide bonds. The minimum absolute atomic E-state index is 0.0806. The zero-order valence-electron chi connectivity index (χ0n) is 11.7. The fraction of sp³-hybridized carbons (Fsp3) is 0.278. The first-order valence-electron chi connectivity index (χ1n) is 6.99. The van der Waals surface area contributed by atoms with E-state index >= 15 is 0 Å². The first-order chi connectivity index (χ1) is 9.67. The Morgan fingerprint density at radius 2 is 1.30 bits per heavy atom. The molecule has 2 unspecified atom stereocenters. The zero-order valence-corrected chi connectivity index (χ0v) is 11.7. The van der Waals surface area contributed by atoms with Gasteiger partial charge in [0.05, 0.1) is 0 Å². The summed E-state index contributed by atoms with van der Waals surface area (Å²) in [6, 6.07) is 19.9. The molecule has 0 N–H and O–H groups in total. The maximum absolute atomic E-state index is 12.7. The van der Waals surface area contributed by atoms with Gasteiger partial charge in [0, 0.05) is 5.92 Å². The van der Waals surface area contributed by atoms with Crippen LogP contribution in [0.3, 0.4) is 0 Å². The highest BCUT2D eigenvalue weighted by molar-refractivity contribution is 5.90. The van der Waals surface area contributed by atoms with Crippen molar-refractivity contribution in [1.82, 2.24) is 0 Å². The molecule has 2 aromatic rings. The number of carbonyl (C=O) groups excluding carboxylic acids is 1. The number of ether oxygens (including phenoxy) is 1. The van der Waals surface area contributed by atoms with Crippen LogP contribution in [0.5, 0.6) is 0 Å². The minimum Gasteiger partial charge on any atom is -0.461 e. The van der Waals surface area contributed by atoms with Gasteiger partial charge >= 0.3 is 5.97 Å². The number of carbonyl (C=O) groups is 1. The SMILES string of the molecule is CC1OC(=O)C(c2ccccc2)(c2ccccc2)C1C. The van der Waals surface area contributed by atoms with Crippen molar-refractivity contribution in [2.24, 2.45) is 5.92 Å². The zero-order chi connectivity index (χ0) is 14.2. The fourth-order valence-corrected chi connectivity index (χ4v) is 3.23. The van der Waals surface area contributed by atoms with Gasteiger partial charge in [-0.25, -0.2) is 0 Å². The first kappa shape index (κ1) is 12.9. The third-order valence-corrected chi connectivity index (χ3v) is 4.46. The lowest BCUT2D eigenvalue weighted by Crippen LogP contribution is -2.39. The molecule has 102 valence electrons. The van der Waals surface area contributed by atoms with Gasteiger partial charge in [-0.2, -0.15) is 0 Å². The standard InChI is InChI=1S/C18H18O2/c1-13-14(2)20-17(19)18(13,15-9-5-3-6-10-15)16-11-7-4-8-12-16/h3-14H,1-2H3. The second-order valence-corrected chi connectivity index (χ2v) is 5.44. The molecule has 1 aliphatic heterocycles. The second kappa shape index (κ2) is 4.78. The molecule has 1 fully saturated rings. The Bertz CT molecular complexity index is 564. The summed E-state index contributed by atoms with van der Waals surface area (Å²) in [5.74, 6) is -0.0466. The van der Waals surface area contributed by atoms with Crippen LogP contribution in [0, 0.1) is 5.92 Å². The van der Waals surface area contributed by atoms with Gasteiger partial charge < -0.3 is 4.74 Å². The van der Waals surface area contributed by atoms with Crippen LogP contribution in [0.4, 0.5) is 0 Å². The molecule has 1 heterocycles. The van der Waals surface area contributed by atoms with E-state index in [2.05, 4.69) is 6.92 Å². The summed E-state index contributed by atoms with van der Waals surface area (Å²) < 4.78 is 5.56. The van der Waals surface area contributed by atoms with Crippen LogP contribution in [0.25, 0.3) is 0 Å². The van der Waals surface area contributed by atoms with Crippen molar-refractivity contribution in [1.29, 1.82) is 0 Å². The number of esters is 1. The Morgan fingerprint density at radius 3 is 1.65 bits per heavy atom. The van der Waals surface area contributed by atoms with E-state index < -0.39 is 5.41 Å². The van der Waals surface area contributed by atoms with Gasteiger partial charge in [-0.1, -0.05) is 67.6 Å². The highest BCUT2D eigenvalue weighted by Crippen LogP contribution is 2.47. The molecule has 1 aliphatic rings. The predicted octanol–water partition coefficient (Wildman–Crippen LogP) is 3.55. The Labute approximate surface area is 119 Å². The van der Waals surface area contributed by atoms with Crippen LogP contribution >= 0.6 is 0 Å². The van der Waals surface area contributed by atoms with Crippen LogP contribution in [0.15, 0.2) is 60.7 Å². The summed E-state index contributed by atoms with van der Waals surface area (Å²) in [7, 11) is 0. The molecule has 0 radical (unpaired) electrons. The maximum Gasteiger partial charge on any atom is 0.321 e. The molecule has 1 saturated heterocycles. The largest absolute Gasteiger partial charge is 0.461 e. The highest BCUT2D eigenvalue weighted by Gasteiger charge is 2.55. The molecule has 0 saturated carbocycles. The molecule has 2 heteroatoms. The average Bonchev–Trinajstić information content (AvgIpc) is 2.72. The summed E-state index contributed by atoms with van der Waals surface area (Å²) in [6.07, 6.45) is -0.0806. The quantitative estimate of drug-likeness (QED) is 0.777. The van der Waals surface area contributed by atoms with Crippen molar-refractivity contribution >= 4 is 5.97 Å². The van der Waals surface area contributed by atoms with Crippen LogP contribution in [-0.2, 0) is 14.9 Å². The fourth-order valence-electron chi connectivity index (χ4n) is 3.23. The summed E-state index contributed by atoms with van der Waals surface area (Å²) in [4.78, 5) is 12.7. The van der Waals surface area contributed by atoms with Gasteiger partial charge in [0.25, 0.3) is 0 Å². The number of benzene rings is 2. The van der Waals surface area contributed by atoms with E-state index in [9.17, 15) is 4.79 Å². The van der Waals surface area contributed by atoms with E-state index in [0.29, 0.717) is 0 Å². The van der Waals surface area contributed by atoms with E-state index in [1.165, 1.54) is 0 Å². The van der Waals surface area contributed by atoms with Crippen LogP contribution < -0.4 is 0 Å². The topological polar surface area (TPSA) is 26.3 Å². The van der Waals surface area contributed by atoms with E-state index in [-0.39, 0.29) is 18.0 Å². The van der Waals surface area contributed by atoms with Crippen molar-refractivity contribution in [2.75, 3.05) is 0 Å². The number of hydrogen-bond donors (Lipinski definition) is 0. The predicted molar refractivity (Wildman–Crippen MR) is 78.4 cm³/mol. The van der Waals surface area contributed by atoms with Gasteiger partial charge in [-0.3, -0.25) is 4.79 Å². The van der Waals surface area contributed by atoms with Crippen LogP contribution in [0.2, 0.25) is 0 Å². The summed E-state index contributed by atoms with van der Waals surface area (Å²) in [5, 5.41) is 0. The molecule has 0 spiro atoms. The van der Waals surface area contributed by atoms with Crippen molar-refractivity contribution in [3.8, 4) is 0 Å². The molecule has 0 aliphatic carbocycles. The maximum atomic E-state index is 12.7. The molecular formula is C18H18O2. The Balaban J connectivity index is 2.27. The van der Waals surface area contributed by atoms with E-state index in [1.54, 1.807) is 0 Å². The number of rotatable bonds is 2. The van der Waals surface area contributed by atoms with Gasteiger partial charge in [-0.15, -0.1) is 0 Å². The minimum atomic E-state index is -0.693. The summed E-state index contributed by atoms with van der Waals surface area (Å²) >= 11 is 0. The van der Waals surface area contributed by atoms with Crippen LogP contribution in [0.1, 0.15) is 25.0 Å². The van der Waals surface area contributed by atoms with Gasteiger partial charge in [-0.05, 0) is 18.1 Å². The molecule has 20 heavy (non-hydrogen) atoms. The third kappa shape index (κ3) is 1.68. The van der Waals surface area contributed by atoms with Crippen molar-refractivity contribution < 1.29 is 9.53 Å². The lowest BCUT2D eigenvalue weighted by Gasteiger charge is -2.31. The van der Waals surface area contributed by atoms with Crippen molar-refractivity contribution in [3.63, 3.8) is 0 Å². The molecule has 2 nitrogen and oxygen atoms in total. The molecule has 0 bridgehead atoms. The van der Waals surface area contributed by atoms with Crippen LogP contribution in [-0.4, -0.2) is 12.1 Å². The Morgan fingerprint density at radius 1 is 0.850 bits per heavy atom. The van der Waals surface area contributed by atoms with Crippen molar-refractivity contribution in [2.45, 2.75) is 25.4 Å². The third-order valence-electron chi connectivity index (χ3n) is 4.46. The monoisotopic (exact) mass is 266 g/mol. The number of hydrogen-bond acceptors (Lipinski definition) is 2. The average molecular weight is 266 g/mol. The van der Waals surface area contributed by atoms with Gasteiger partial charge in [0.15, 0.2) is 0 Å². The van der Waals surface area contributed by atoms with Gasteiger partial charge in [0.2, 0.25) is 0 Å².